The molecule has 1 aromatic rings. The molecule has 0 aliphatic rings. The average Bonchev–Trinajstić information content (AvgIpc) is 2.37. The molecule has 1 heterocycles. The largest absolute Gasteiger partial charge is 0.297 e. The third kappa shape index (κ3) is 1.69. The van der Waals surface area contributed by atoms with Crippen molar-refractivity contribution in [2.75, 3.05) is 0 Å². The zero-order chi connectivity index (χ0) is 7.40. The molecule has 0 fully saturated rings. The molecule has 0 aromatic carbocycles. The van der Waals surface area contributed by atoms with E-state index in [1.54, 1.807) is 6.07 Å². The Kier molecular flexibility index (Phi) is 2.67. The second-order valence-corrected chi connectivity index (χ2v) is 3.05. The number of thiophene rings is 1. The first kappa shape index (κ1) is 7.52. The summed E-state index contributed by atoms with van der Waals surface area (Å²) in [4.78, 5) is 14.4. The van der Waals surface area contributed by atoms with Crippen molar-refractivity contribution in [1.82, 2.24) is 0 Å². The molecule has 0 radical (unpaired) electrons. The lowest BCUT2D eigenvalue weighted by Gasteiger charge is -1.72. The van der Waals surface area contributed by atoms with Crippen LogP contribution in [0.5, 0.6) is 0 Å². The minimum Gasteiger partial charge on any atom is -0.297 e. The first-order chi connectivity index (χ1) is 4.86. The van der Waals surface area contributed by atoms with Gasteiger partial charge in [0.25, 0.3) is 0 Å². The number of hydrogen-bond acceptors (Lipinski definition) is 2. The van der Waals surface area contributed by atoms with Crippen molar-refractivity contribution >= 4 is 33.6 Å². The van der Waals surface area contributed by atoms with Crippen molar-refractivity contribution in [3.05, 3.63) is 21.9 Å². The summed E-state index contributed by atoms with van der Waals surface area (Å²) in [5, 5.41) is 0. The SMILES string of the molecule is O=Cc1ccc(C#CBr)s1. The maximum Gasteiger partial charge on any atom is 0.160 e. The van der Waals surface area contributed by atoms with E-state index in [1.165, 1.54) is 11.3 Å². The van der Waals surface area contributed by atoms with Gasteiger partial charge in [-0.05, 0) is 22.9 Å². The summed E-state index contributed by atoms with van der Waals surface area (Å²) < 4.78 is 0. The van der Waals surface area contributed by atoms with Crippen molar-refractivity contribution < 1.29 is 4.79 Å². The van der Waals surface area contributed by atoms with Gasteiger partial charge in [0.15, 0.2) is 6.29 Å². The van der Waals surface area contributed by atoms with Gasteiger partial charge in [-0.25, -0.2) is 0 Å². The Bertz CT molecular complexity index is 292. The van der Waals surface area contributed by atoms with Crippen molar-refractivity contribution in [3.8, 4) is 10.8 Å². The van der Waals surface area contributed by atoms with Gasteiger partial charge in [-0.2, -0.15) is 0 Å². The third-order valence-corrected chi connectivity index (χ3v) is 2.04. The Morgan fingerprint density at radius 1 is 1.60 bits per heavy atom. The number of hydrogen-bond donors (Lipinski definition) is 0. The van der Waals surface area contributed by atoms with Crippen LogP contribution in [-0.4, -0.2) is 6.29 Å². The van der Waals surface area contributed by atoms with Crippen LogP contribution in [0, 0.1) is 10.8 Å². The highest BCUT2D eigenvalue weighted by Crippen LogP contribution is 2.12. The van der Waals surface area contributed by atoms with Crippen LogP contribution in [0.3, 0.4) is 0 Å². The summed E-state index contributed by atoms with van der Waals surface area (Å²) >= 11 is 4.36. The molecule has 0 aliphatic carbocycles. The number of halogens is 1. The molecule has 0 saturated carbocycles. The summed E-state index contributed by atoms with van der Waals surface area (Å²) in [6.45, 7) is 0. The first-order valence-electron chi connectivity index (χ1n) is 2.53. The lowest BCUT2D eigenvalue weighted by Crippen LogP contribution is -1.62. The monoisotopic (exact) mass is 214 g/mol. The van der Waals surface area contributed by atoms with Crippen LogP contribution < -0.4 is 0 Å². The number of rotatable bonds is 1. The van der Waals surface area contributed by atoms with Crippen LogP contribution in [0.1, 0.15) is 14.5 Å². The van der Waals surface area contributed by atoms with Gasteiger partial charge in [-0.15, -0.1) is 11.3 Å². The highest BCUT2D eigenvalue weighted by atomic mass is 79.9. The smallest absolute Gasteiger partial charge is 0.160 e. The topological polar surface area (TPSA) is 17.1 Å². The molecule has 50 valence electrons. The minimum atomic E-state index is 0.713. The highest BCUT2D eigenvalue weighted by Gasteiger charge is 1.93. The molecule has 1 aromatic heterocycles. The molecule has 0 unspecified atom stereocenters. The quantitative estimate of drug-likeness (QED) is 0.518. The predicted octanol–water partition coefficient (Wildman–Crippen LogP) is 2.26. The zero-order valence-corrected chi connectivity index (χ0v) is 7.33. The van der Waals surface area contributed by atoms with Gasteiger partial charge >= 0.3 is 0 Å². The Hall–Kier alpha value is -0.590. The van der Waals surface area contributed by atoms with E-state index in [9.17, 15) is 4.79 Å². The van der Waals surface area contributed by atoms with Crippen LogP contribution in [0.4, 0.5) is 0 Å². The number of aldehydes is 1. The van der Waals surface area contributed by atoms with Gasteiger partial charge in [0.1, 0.15) is 0 Å². The van der Waals surface area contributed by atoms with Gasteiger partial charge in [0.05, 0.1) is 9.75 Å². The second kappa shape index (κ2) is 3.55. The molecule has 0 amide bonds. The second-order valence-electron chi connectivity index (χ2n) is 1.54. The van der Waals surface area contributed by atoms with E-state index in [4.69, 9.17) is 0 Å². The van der Waals surface area contributed by atoms with E-state index in [0.29, 0.717) is 4.88 Å². The van der Waals surface area contributed by atoms with Gasteiger partial charge in [-0.3, -0.25) is 4.79 Å². The number of carbonyl (C=O) groups is 1. The van der Waals surface area contributed by atoms with E-state index in [0.717, 1.165) is 11.2 Å². The van der Waals surface area contributed by atoms with Crippen molar-refractivity contribution in [2.45, 2.75) is 0 Å². The standard InChI is InChI=1S/C7H3BrOS/c8-4-3-6-1-2-7(5-9)10-6/h1-2,5H. The lowest BCUT2D eigenvalue weighted by atomic mass is 10.4. The maximum atomic E-state index is 10.2. The normalized spacial score (nSPS) is 8.10. The average molecular weight is 215 g/mol. The van der Waals surface area contributed by atoms with Crippen LogP contribution >= 0.6 is 27.3 Å². The van der Waals surface area contributed by atoms with Gasteiger partial charge < -0.3 is 0 Å². The van der Waals surface area contributed by atoms with E-state index in [2.05, 4.69) is 26.7 Å². The lowest BCUT2D eigenvalue weighted by molar-refractivity contribution is 0.112. The van der Waals surface area contributed by atoms with Crippen molar-refractivity contribution in [1.29, 1.82) is 0 Å². The molecule has 0 N–H and O–H groups in total. The Balaban J connectivity index is 2.95. The molecule has 0 spiro atoms. The molecule has 1 nitrogen and oxygen atoms in total. The predicted molar refractivity (Wildman–Crippen MR) is 45.5 cm³/mol. The Labute approximate surface area is 71.2 Å². The maximum absolute atomic E-state index is 10.2. The first-order valence-corrected chi connectivity index (χ1v) is 4.14. The van der Waals surface area contributed by atoms with Crippen LogP contribution in [-0.2, 0) is 0 Å². The third-order valence-electron chi connectivity index (χ3n) is 0.913. The van der Waals surface area contributed by atoms with E-state index < -0.39 is 0 Å². The zero-order valence-electron chi connectivity index (χ0n) is 4.93. The van der Waals surface area contributed by atoms with E-state index in [-0.39, 0.29) is 0 Å². The van der Waals surface area contributed by atoms with Crippen LogP contribution in [0.2, 0.25) is 0 Å². The van der Waals surface area contributed by atoms with Gasteiger partial charge in [-0.1, -0.05) is 0 Å². The summed E-state index contributed by atoms with van der Waals surface area (Å²) in [5.41, 5.74) is 0. The van der Waals surface area contributed by atoms with Crippen molar-refractivity contribution in [2.24, 2.45) is 0 Å². The van der Waals surface area contributed by atoms with Gasteiger partial charge in [0, 0.05) is 15.9 Å². The summed E-state index contributed by atoms with van der Waals surface area (Å²) in [6, 6.07) is 3.58. The highest BCUT2D eigenvalue weighted by molar-refractivity contribution is 9.12. The molecule has 0 atom stereocenters. The molecule has 1 rings (SSSR count). The molecule has 3 heteroatoms. The number of carbonyl (C=O) groups excluding carboxylic acids is 1. The summed E-state index contributed by atoms with van der Waals surface area (Å²) in [6.07, 6.45) is 0.823. The molecular weight excluding hydrogens is 212 g/mol. The summed E-state index contributed by atoms with van der Waals surface area (Å²) in [5.74, 6) is 2.79. The van der Waals surface area contributed by atoms with Crippen molar-refractivity contribution in [3.63, 3.8) is 0 Å². The fourth-order valence-electron chi connectivity index (χ4n) is 0.530. The van der Waals surface area contributed by atoms with Crippen LogP contribution in [0.15, 0.2) is 12.1 Å². The fraction of sp³-hybridized carbons (Fsp3) is 0. The molecule has 10 heavy (non-hydrogen) atoms. The van der Waals surface area contributed by atoms with E-state index in [1.807, 2.05) is 6.07 Å². The fourth-order valence-corrected chi connectivity index (χ4v) is 1.55. The van der Waals surface area contributed by atoms with E-state index >= 15 is 0 Å². The van der Waals surface area contributed by atoms with Gasteiger partial charge in [0.2, 0.25) is 0 Å². The summed E-state index contributed by atoms with van der Waals surface area (Å²) in [7, 11) is 0. The molecule has 0 saturated heterocycles. The molecular formula is C7H3BrOS. The Morgan fingerprint density at radius 2 is 2.40 bits per heavy atom. The Morgan fingerprint density at radius 3 is 2.90 bits per heavy atom. The minimum absolute atomic E-state index is 0.713. The molecule has 0 bridgehead atoms. The molecule has 0 aliphatic heterocycles. The van der Waals surface area contributed by atoms with Crippen LogP contribution in [0.25, 0.3) is 0 Å².